The van der Waals surface area contributed by atoms with Crippen LogP contribution >= 0.6 is 24.1 Å². The number of halogens is 1. The van der Waals surface area contributed by atoms with Gasteiger partial charge in [-0.05, 0) is 19.2 Å². The fourth-order valence-electron chi connectivity index (χ4n) is 1.79. The van der Waals surface area contributed by atoms with Gasteiger partial charge in [-0.1, -0.05) is 12.1 Å². The predicted octanol–water partition coefficient (Wildman–Crippen LogP) is 1.89. The Bertz CT molecular complexity index is 575. The maximum atomic E-state index is 8.80. The van der Waals surface area contributed by atoms with Gasteiger partial charge in [0.15, 0.2) is 0 Å². The minimum Gasteiger partial charge on any atom is -0.329 e. The highest BCUT2D eigenvalue weighted by atomic mass is 35.5. The van der Waals surface area contributed by atoms with Crippen LogP contribution in [0.15, 0.2) is 24.3 Å². The molecule has 0 aliphatic rings. The standard InChI is InChI=1S/C13H15N5S.ClH/c1-18(7-6-14)9-12-13(17-19-16-12)11-4-2-10(8-15)3-5-11;/h2-5H,6-7,9,14H2,1H3;1H. The summed E-state index contributed by atoms with van der Waals surface area (Å²) >= 11 is 1.21. The maximum Gasteiger partial charge on any atom is 0.109 e. The van der Waals surface area contributed by atoms with E-state index in [9.17, 15) is 0 Å². The Kier molecular flexibility index (Phi) is 6.55. The summed E-state index contributed by atoms with van der Waals surface area (Å²) in [7, 11) is 2.01. The summed E-state index contributed by atoms with van der Waals surface area (Å²) in [6, 6.07) is 9.50. The van der Waals surface area contributed by atoms with E-state index in [1.54, 1.807) is 12.1 Å². The van der Waals surface area contributed by atoms with Crippen molar-refractivity contribution in [3.05, 3.63) is 35.5 Å². The third-order valence-corrected chi connectivity index (χ3v) is 3.34. The number of likely N-dealkylation sites (N-methyl/N-ethyl adjacent to an activating group) is 1. The number of rotatable bonds is 5. The molecule has 0 amide bonds. The lowest BCUT2D eigenvalue weighted by Gasteiger charge is -2.14. The Balaban J connectivity index is 0.00000200. The second-order valence-electron chi connectivity index (χ2n) is 4.28. The fraction of sp³-hybridized carbons (Fsp3) is 0.308. The fourth-order valence-corrected chi connectivity index (χ4v) is 2.36. The van der Waals surface area contributed by atoms with E-state index in [0.29, 0.717) is 12.1 Å². The molecule has 7 heteroatoms. The Hall–Kier alpha value is -1.52. The molecule has 0 fully saturated rings. The molecule has 0 aliphatic carbocycles. The summed E-state index contributed by atoms with van der Waals surface area (Å²) < 4.78 is 8.69. The van der Waals surface area contributed by atoms with Gasteiger partial charge in [0.05, 0.1) is 29.1 Å². The number of hydrogen-bond acceptors (Lipinski definition) is 6. The molecule has 0 radical (unpaired) electrons. The summed E-state index contributed by atoms with van der Waals surface area (Å²) in [6.45, 7) is 2.17. The van der Waals surface area contributed by atoms with E-state index in [1.165, 1.54) is 11.7 Å². The highest BCUT2D eigenvalue weighted by Gasteiger charge is 2.12. The number of nitrogens with zero attached hydrogens (tertiary/aromatic N) is 4. The molecular formula is C13H16ClN5S. The van der Waals surface area contributed by atoms with Gasteiger partial charge in [-0.3, -0.25) is 4.90 Å². The van der Waals surface area contributed by atoms with Crippen molar-refractivity contribution in [1.29, 1.82) is 5.26 Å². The van der Waals surface area contributed by atoms with Gasteiger partial charge < -0.3 is 5.73 Å². The molecule has 0 saturated carbocycles. The van der Waals surface area contributed by atoms with E-state index >= 15 is 0 Å². The normalized spacial score (nSPS) is 10.1. The molecule has 2 aromatic rings. The third kappa shape index (κ3) is 3.99. The van der Waals surface area contributed by atoms with Crippen molar-refractivity contribution in [2.75, 3.05) is 20.1 Å². The van der Waals surface area contributed by atoms with Crippen LogP contribution in [0.1, 0.15) is 11.3 Å². The minimum atomic E-state index is 0. The summed E-state index contributed by atoms with van der Waals surface area (Å²) in [5, 5.41) is 8.80. The van der Waals surface area contributed by atoms with Gasteiger partial charge in [-0.15, -0.1) is 12.4 Å². The maximum absolute atomic E-state index is 8.80. The molecule has 106 valence electrons. The lowest BCUT2D eigenvalue weighted by Crippen LogP contribution is -2.25. The molecule has 0 aliphatic heterocycles. The van der Waals surface area contributed by atoms with Crippen molar-refractivity contribution in [3.63, 3.8) is 0 Å². The van der Waals surface area contributed by atoms with Gasteiger partial charge in [0.2, 0.25) is 0 Å². The molecule has 2 rings (SSSR count). The summed E-state index contributed by atoms with van der Waals surface area (Å²) in [4.78, 5) is 2.11. The van der Waals surface area contributed by atoms with Crippen LogP contribution in [0.25, 0.3) is 11.3 Å². The van der Waals surface area contributed by atoms with Gasteiger partial charge in [-0.2, -0.15) is 14.0 Å². The van der Waals surface area contributed by atoms with Crippen LogP contribution in [0.5, 0.6) is 0 Å². The molecule has 0 unspecified atom stereocenters. The van der Waals surface area contributed by atoms with Crippen molar-refractivity contribution in [1.82, 2.24) is 13.6 Å². The smallest absolute Gasteiger partial charge is 0.109 e. The lowest BCUT2D eigenvalue weighted by atomic mass is 10.1. The van der Waals surface area contributed by atoms with E-state index < -0.39 is 0 Å². The van der Waals surface area contributed by atoms with Crippen molar-refractivity contribution >= 4 is 24.1 Å². The van der Waals surface area contributed by atoms with Crippen LogP contribution in [0.4, 0.5) is 0 Å². The zero-order chi connectivity index (χ0) is 13.7. The van der Waals surface area contributed by atoms with Crippen molar-refractivity contribution < 1.29 is 0 Å². The first-order chi connectivity index (χ1) is 9.24. The second kappa shape index (κ2) is 7.92. The predicted molar refractivity (Wildman–Crippen MR) is 82.7 cm³/mol. The Morgan fingerprint density at radius 1 is 1.30 bits per heavy atom. The number of benzene rings is 1. The number of nitrogens with two attached hydrogens (primary N) is 1. The minimum absolute atomic E-state index is 0. The van der Waals surface area contributed by atoms with Gasteiger partial charge in [-0.25, -0.2) is 0 Å². The van der Waals surface area contributed by atoms with Crippen LogP contribution < -0.4 is 5.73 Å². The average Bonchev–Trinajstić information content (AvgIpc) is 2.87. The highest BCUT2D eigenvalue weighted by molar-refractivity contribution is 6.99. The zero-order valence-corrected chi connectivity index (χ0v) is 12.7. The largest absolute Gasteiger partial charge is 0.329 e. The molecule has 0 atom stereocenters. The average molecular weight is 310 g/mol. The van der Waals surface area contributed by atoms with E-state index in [-0.39, 0.29) is 12.4 Å². The van der Waals surface area contributed by atoms with E-state index in [0.717, 1.165) is 30.0 Å². The second-order valence-corrected chi connectivity index (χ2v) is 4.80. The van der Waals surface area contributed by atoms with Crippen LogP contribution in [0.2, 0.25) is 0 Å². The molecule has 1 aromatic carbocycles. The number of hydrogen-bond donors (Lipinski definition) is 1. The monoisotopic (exact) mass is 309 g/mol. The molecular weight excluding hydrogens is 294 g/mol. The highest BCUT2D eigenvalue weighted by Crippen LogP contribution is 2.23. The van der Waals surface area contributed by atoms with E-state index in [2.05, 4.69) is 19.7 Å². The van der Waals surface area contributed by atoms with Crippen molar-refractivity contribution in [2.45, 2.75) is 6.54 Å². The van der Waals surface area contributed by atoms with Gasteiger partial charge >= 0.3 is 0 Å². The molecule has 1 heterocycles. The quantitative estimate of drug-likeness (QED) is 0.912. The SMILES string of the molecule is CN(CCN)Cc1nsnc1-c1ccc(C#N)cc1.Cl. The molecule has 5 nitrogen and oxygen atoms in total. The number of aromatic nitrogens is 2. The van der Waals surface area contributed by atoms with Crippen LogP contribution in [-0.2, 0) is 6.54 Å². The Labute approximate surface area is 128 Å². The Morgan fingerprint density at radius 2 is 2.00 bits per heavy atom. The first-order valence-electron chi connectivity index (χ1n) is 5.95. The first kappa shape index (κ1) is 16.5. The van der Waals surface area contributed by atoms with Crippen LogP contribution in [0.3, 0.4) is 0 Å². The molecule has 0 saturated heterocycles. The van der Waals surface area contributed by atoms with Gasteiger partial charge in [0.1, 0.15) is 5.69 Å². The topological polar surface area (TPSA) is 78.8 Å². The molecule has 2 N–H and O–H groups in total. The first-order valence-corrected chi connectivity index (χ1v) is 6.68. The van der Waals surface area contributed by atoms with Gasteiger partial charge in [0, 0.05) is 25.2 Å². The van der Waals surface area contributed by atoms with E-state index in [4.69, 9.17) is 11.0 Å². The van der Waals surface area contributed by atoms with Crippen LogP contribution in [0, 0.1) is 11.3 Å². The third-order valence-electron chi connectivity index (χ3n) is 2.77. The van der Waals surface area contributed by atoms with Gasteiger partial charge in [0.25, 0.3) is 0 Å². The number of nitriles is 1. The van der Waals surface area contributed by atoms with Crippen LogP contribution in [-0.4, -0.2) is 33.8 Å². The molecule has 0 bridgehead atoms. The molecule has 1 aromatic heterocycles. The Morgan fingerprint density at radius 3 is 2.60 bits per heavy atom. The lowest BCUT2D eigenvalue weighted by molar-refractivity contribution is 0.333. The molecule has 0 spiro atoms. The summed E-state index contributed by atoms with van der Waals surface area (Å²) in [6.07, 6.45) is 0. The summed E-state index contributed by atoms with van der Waals surface area (Å²) in [5.41, 5.74) is 9.01. The van der Waals surface area contributed by atoms with Crippen molar-refractivity contribution in [3.8, 4) is 17.3 Å². The van der Waals surface area contributed by atoms with E-state index in [1.807, 2.05) is 19.2 Å². The van der Waals surface area contributed by atoms with Crippen molar-refractivity contribution in [2.24, 2.45) is 5.73 Å². The molecule has 20 heavy (non-hydrogen) atoms. The zero-order valence-electron chi connectivity index (χ0n) is 11.1. The summed E-state index contributed by atoms with van der Waals surface area (Å²) in [5.74, 6) is 0.